The largest absolute Gasteiger partial charge is 0.353 e. The quantitative estimate of drug-likeness (QED) is 0.814. The van der Waals surface area contributed by atoms with Gasteiger partial charge in [0.05, 0.1) is 12.7 Å². The van der Waals surface area contributed by atoms with Gasteiger partial charge in [0.15, 0.2) is 0 Å². The summed E-state index contributed by atoms with van der Waals surface area (Å²) in [7, 11) is 0. The minimum atomic E-state index is -0.642. The number of aromatic nitrogens is 3. The summed E-state index contributed by atoms with van der Waals surface area (Å²) in [4.78, 5) is 11.9. The lowest BCUT2D eigenvalue weighted by molar-refractivity contribution is -0.122. The number of nitrogens with two attached hydrogens (primary N) is 1. The molecule has 0 aliphatic carbocycles. The number of hydrogen-bond donors (Lipinski definition) is 2. The molecular formula is C13H17N5O. The van der Waals surface area contributed by atoms with Gasteiger partial charge >= 0.3 is 0 Å². The number of benzene rings is 1. The number of nitrogens with zero attached hydrogens (tertiary/aromatic N) is 3. The van der Waals surface area contributed by atoms with E-state index in [1.807, 2.05) is 31.2 Å². The first-order valence-corrected chi connectivity index (χ1v) is 6.11. The molecule has 19 heavy (non-hydrogen) atoms. The van der Waals surface area contributed by atoms with Crippen LogP contribution in [0.15, 0.2) is 36.7 Å². The second kappa shape index (κ2) is 6.10. The zero-order valence-electron chi connectivity index (χ0n) is 10.8. The summed E-state index contributed by atoms with van der Waals surface area (Å²) in [5.41, 5.74) is 7.85. The Hall–Kier alpha value is -2.21. The van der Waals surface area contributed by atoms with E-state index in [0.29, 0.717) is 13.1 Å². The molecule has 0 aliphatic rings. The molecule has 2 aromatic rings. The third-order valence-electron chi connectivity index (χ3n) is 2.83. The van der Waals surface area contributed by atoms with E-state index in [1.165, 1.54) is 0 Å². The Kier molecular flexibility index (Phi) is 4.25. The molecule has 1 atom stereocenters. The first-order chi connectivity index (χ1) is 9.16. The van der Waals surface area contributed by atoms with E-state index in [-0.39, 0.29) is 5.91 Å². The lowest BCUT2D eigenvalue weighted by Gasteiger charge is -2.12. The molecule has 0 radical (unpaired) electrons. The molecule has 0 bridgehead atoms. The number of rotatable bonds is 5. The fourth-order valence-corrected chi connectivity index (χ4v) is 1.68. The van der Waals surface area contributed by atoms with Crippen LogP contribution in [0.1, 0.15) is 17.2 Å². The highest BCUT2D eigenvalue weighted by Crippen LogP contribution is 2.11. The number of carbonyl (C=O) groups is 1. The van der Waals surface area contributed by atoms with Gasteiger partial charge in [0, 0.05) is 12.7 Å². The Labute approximate surface area is 111 Å². The molecule has 0 spiro atoms. The smallest absolute Gasteiger partial charge is 0.241 e. The third-order valence-corrected chi connectivity index (χ3v) is 2.83. The Morgan fingerprint density at radius 1 is 1.42 bits per heavy atom. The van der Waals surface area contributed by atoms with Gasteiger partial charge in [0.25, 0.3) is 0 Å². The van der Waals surface area contributed by atoms with Crippen molar-refractivity contribution >= 4 is 5.91 Å². The molecule has 0 saturated heterocycles. The maximum atomic E-state index is 11.9. The highest BCUT2D eigenvalue weighted by Gasteiger charge is 2.14. The van der Waals surface area contributed by atoms with Gasteiger partial charge in [-0.2, -0.15) is 0 Å². The number of carbonyl (C=O) groups excluding carboxylic acids is 1. The molecule has 1 aromatic carbocycles. The Balaban J connectivity index is 1.83. The van der Waals surface area contributed by atoms with E-state index in [4.69, 9.17) is 5.73 Å². The van der Waals surface area contributed by atoms with E-state index in [9.17, 15) is 4.79 Å². The normalized spacial score (nSPS) is 12.1. The molecule has 100 valence electrons. The Morgan fingerprint density at radius 2 is 2.16 bits per heavy atom. The predicted octanol–water partition coefficient (Wildman–Crippen LogP) is 0.403. The number of aryl methyl sites for hydroxylation is 1. The first kappa shape index (κ1) is 13.2. The SMILES string of the molecule is Cc1ccc(C(N)C(=O)NCCn2ccnn2)cc1. The molecule has 1 aromatic heterocycles. The topological polar surface area (TPSA) is 85.8 Å². The fourth-order valence-electron chi connectivity index (χ4n) is 1.68. The molecule has 1 unspecified atom stereocenters. The molecule has 1 amide bonds. The average molecular weight is 259 g/mol. The predicted molar refractivity (Wildman–Crippen MR) is 71.1 cm³/mol. The van der Waals surface area contributed by atoms with Crippen molar-refractivity contribution in [1.29, 1.82) is 0 Å². The molecule has 6 nitrogen and oxygen atoms in total. The lowest BCUT2D eigenvalue weighted by atomic mass is 10.1. The van der Waals surface area contributed by atoms with Crippen LogP contribution in [0.3, 0.4) is 0 Å². The van der Waals surface area contributed by atoms with Gasteiger partial charge in [-0.1, -0.05) is 35.0 Å². The first-order valence-electron chi connectivity index (χ1n) is 6.11. The highest BCUT2D eigenvalue weighted by molar-refractivity contribution is 5.82. The molecular weight excluding hydrogens is 242 g/mol. The molecule has 3 N–H and O–H groups in total. The van der Waals surface area contributed by atoms with Crippen LogP contribution >= 0.6 is 0 Å². The van der Waals surface area contributed by atoms with Gasteiger partial charge in [0.1, 0.15) is 6.04 Å². The standard InChI is InChI=1S/C13H17N5O/c1-10-2-4-11(5-3-10)12(14)13(19)15-6-8-18-9-7-16-17-18/h2-5,7,9,12H,6,8,14H2,1H3,(H,15,19). The van der Waals surface area contributed by atoms with Crippen LogP contribution < -0.4 is 11.1 Å². The van der Waals surface area contributed by atoms with E-state index >= 15 is 0 Å². The van der Waals surface area contributed by atoms with E-state index in [1.54, 1.807) is 17.1 Å². The van der Waals surface area contributed by atoms with Crippen LogP contribution in [0.5, 0.6) is 0 Å². The number of amides is 1. The van der Waals surface area contributed by atoms with Crippen molar-refractivity contribution in [3.63, 3.8) is 0 Å². The van der Waals surface area contributed by atoms with Crippen molar-refractivity contribution in [3.05, 3.63) is 47.8 Å². The molecule has 0 saturated carbocycles. The second-order valence-electron chi connectivity index (χ2n) is 4.35. The van der Waals surface area contributed by atoms with Crippen LogP contribution in [-0.4, -0.2) is 27.4 Å². The van der Waals surface area contributed by atoms with Crippen molar-refractivity contribution in [2.45, 2.75) is 19.5 Å². The van der Waals surface area contributed by atoms with Crippen LogP contribution in [0.25, 0.3) is 0 Å². The maximum absolute atomic E-state index is 11.9. The lowest BCUT2D eigenvalue weighted by Crippen LogP contribution is -2.35. The maximum Gasteiger partial charge on any atom is 0.241 e. The summed E-state index contributed by atoms with van der Waals surface area (Å²) in [5.74, 6) is -0.191. The summed E-state index contributed by atoms with van der Waals surface area (Å²) in [6.07, 6.45) is 3.34. The molecule has 0 fully saturated rings. The summed E-state index contributed by atoms with van der Waals surface area (Å²) in [6, 6.07) is 6.99. The molecule has 6 heteroatoms. The zero-order chi connectivity index (χ0) is 13.7. The van der Waals surface area contributed by atoms with Gasteiger partial charge in [-0.05, 0) is 12.5 Å². The summed E-state index contributed by atoms with van der Waals surface area (Å²) in [6.45, 7) is 3.04. The summed E-state index contributed by atoms with van der Waals surface area (Å²) in [5, 5.41) is 10.3. The van der Waals surface area contributed by atoms with Crippen molar-refractivity contribution in [3.8, 4) is 0 Å². The minimum Gasteiger partial charge on any atom is -0.353 e. The van der Waals surface area contributed by atoms with E-state index in [0.717, 1.165) is 11.1 Å². The number of hydrogen-bond acceptors (Lipinski definition) is 4. The summed E-state index contributed by atoms with van der Waals surface area (Å²) < 4.78 is 1.65. The van der Waals surface area contributed by atoms with Crippen molar-refractivity contribution in [2.75, 3.05) is 6.54 Å². The van der Waals surface area contributed by atoms with Crippen molar-refractivity contribution in [2.24, 2.45) is 5.73 Å². The van der Waals surface area contributed by atoms with Gasteiger partial charge in [0.2, 0.25) is 5.91 Å². The Morgan fingerprint density at radius 3 is 2.79 bits per heavy atom. The average Bonchev–Trinajstić information content (AvgIpc) is 2.92. The van der Waals surface area contributed by atoms with Gasteiger partial charge in [-0.3, -0.25) is 9.48 Å². The Bertz CT molecular complexity index is 520. The zero-order valence-corrected chi connectivity index (χ0v) is 10.8. The molecule has 0 aliphatic heterocycles. The van der Waals surface area contributed by atoms with Gasteiger partial charge in [-0.15, -0.1) is 5.10 Å². The monoisotopic (exact) mass is 259 g/mol. The van der Waals surface area contributed by atoms with E-state index in [2.05, 4.69) is 15.6 Å². The molecule has 1 heterocycles. The van der Waals surface area contributed by atoms with Crippen LogP contribution in [0, 0.1) is 6.92 Å². The van der Waals surface area contributed by atoms with Crippen LogP contribution in [-0.2, 0) is 11.3 Å². The van der Waals surface area contributed by atoms with Crippen LogP contribution in [0.2, 0.25) is 0 Å². The minimum absolute atomic E-state index is 0.191. The van der Waals surface area contributed by atoms with Crippen molar-refractivity contribution in [1.82, 2.24) is 20.3 Å². The highest BCUT2D eigenvalue weighted by atomic mass is 16.2. The third kappa shape index (κ3) is 3.62. The number of nitrogens with one attached hydrogen (secondary N) is 1. The van der Waals surface area contributed by atoms with Crippen LogP contribution in [0.4, 0.5) is 0 Å². The van der Waals surface area contributed by atoms with Gasteiger partial charge in [-0.25, -0.2) is 0 Å². The molecule has 2 rings (SSSR count). The van der Waals surface area contributed by atoms with Crippen molar-refractivity contribution < 1.29 is 4.79 Å². The summed E-state index contributed by atoms with van der Waals surface area (Å²) >= 11 is 0. The van der Waals surface area contributed by atoms with Gasteiger partial charge < -0.3 is 11.1 Å². The fraction of sp³-hybridized carbons (Fsp3) is 0.308. The van der Waals surface area contributed by atoms with E-state index < -0.39 is 6.04 Å². The second-order valence-corrected chi connectivity index (χ2v) is 4.35.